The second-order valence-electron chi connectivity index (χ2n) is 31.9. The third kappa shape index (κ3) is 24.7. The number of nitrogens with zero attached hydrogens (tertiary/aromatic N) is 7. The molecular weight excluding hydrogens is 1620 g/mol. The number of anilines is 5. The molecule has 9 atom stereocenters. The van der Waals surface area contributed by atoms with E-state index in [-0.39, 0.29) is 76.8 Å². The maximum atomic E-state index is 14.1. The molecule has 1 unspecified atom stereocenters. The molecule has 10 amide bonds. The summed E-state index contributed by atoms with van der Waals surface area (Å²) in [7, 11) is 3.42. The number of nitrogen functional groups attached to an aromatic ring is 1. The number of benzene rings is 4. The summed E-state index contributed by atoms with van der Waals surface area (Å²) >= 11 is 15.8. The highest BCUT2D eigenvalue weighted by Gasteiger charge is 2.45. The highest BCUT2D eigenvalue weighted by Crippen LogP contribution is 2.41. The summed E-state index contributed by atoms with van der Waals surface area (Å²) < 4.78 is 4.06. The monoisotopic (exact) mass is 1740 g/mol. The van der Waals surface area contributed by atoms with Crippen LogP contribution in [0, 0.1) is 17.8 Å². The van der Waals surface area contributed by atoms with Crippen LogP contribution >= 0.6 is 57.4 Å². The molecule has 4 aromatic carbocycles. The van der Waals surface area contributed by atoms with Crippen LogP contribution in [0.3, 0.4) is 0 Å². The van der Waals surface area contributed by atoms with E-state index in [1.807, 2.05) is 73.7 Å². The van der Waals surface area contributed by atoms with E-state index in [0.29, 0.717) is 116 Å². The van der Waals surface area contributed by atoms with Gasteiger partial charge in [0.1, 0.15) is 68.3 Å². The van der Waals surface area contributed by atoms with Crippen molar-refractivity contribution < 1.29 is 47.9 Å². The van der Waals surface area contributed by atoms with E-state index in [9.17, 15) is 47.9 Å². The van der Waals surface area contributed by atoms with E-state index in [0.717, 1.165) is 150 Å². The Balaban J connectivity index is 0.000000177. The normalized spacial score (nSPS) is 19.2. The fourth-order valence-electron chi connectivity index (χ4n) is 16.8. The predicted octanol–water partition coefficient (Wildman–Crippen LogP) is 12.5. The van der Waals surface area contributed by atoms with Crippen LogP contribution in [0.2, 0.25) is 10.0 Å². The zero-order chi connectivity index (χ0) is 85.4. The second-order valence-corrected chi connectivity index (χ2v) is 35.6. The number of halogens is 2. The van der Waals surface area contributed by atoms with Gasteiger partial charge in [0.25, 0.3) is 0 Å². The molecule has 12 N–H and O–H groups in total. The van der Waals surface area contributed by atoms with E-state index in [1.54, 1.807) is 73.0 Å². The number of hydrogen-bond donors (Lipinski definition) is 11. The summed E-state index contributed by atoms with van der Waals surface area (Å²) in [5, 5.41) is 37.4. The second kappa shape index (κ2) is 45.0. The average molecular weight is 1740 g/mol. The smallest absolute Gasteiger partial charge is 0.247 e. The molecule has 3 aliphatic carbocycles. The van der Waals surface area contributed by atoms with Gasteiger partial charge in [0, 0.05) is 64.8 Å². The summed E-state index contributed by atoms with van der Waals surface area (Å²) in [5.74, 6) is -2.12. The van der Waals surface area contributed by atoms with E-state index in [2.05, 4.69) is 84.9 Å². The maximum absolute atomic E-state index is 14.1. The van der Waals surface area contributed by atoms with Gasteiger partial charge in [-0.25, -0.2) is 9.97 Å². The standard InChI is InChI=1S/C33H42N6O3S.C28H37ClN6O4S.C26H35ClN6O3S/c1-23(34-21-11-15-24-13-5-2-6-14-24)30(40)35-29(26-18-9-4-10-19-26)33(42)39-22-12-20-27(39)31(41)36-32-28(37-38-43-32)25-16-7-3-8-17-25;1-16(30-3)24(37)32-23(18-9-5-4-6-10-18)27(39)35-14-8-13-21(35)25(38)34-26-22(19-11-7-12-20(29)15-19)33-28(40-26)31-17(2)36;1-15(29-2)22(34)30-21(16-8-4-3-5-9-16)25(36)33-13-7-12-19(33)23(35)32-24-20(31-26(28)37-24)17-10-6-11-18(27)14-17/h2-3,5-8,13-14,16-17,23,26-27,29,34H,4,9-12,15,18-22H2,1H3,(H,35,40)(H,36,41);7,11-12,15-16,18,21,23,30H,4-6,8-10,13-14H2,1-3H3,(H,32,37)(H,34,38)(H,31,33,36);6,10-11,14-16,19,21,29H,3-5,7-9,12-13H2,1-2H3,(H2,28,31)(H,30,34)(H,32,35)/t23?,27-,29-;16-,21-,23-;15-,19-,21-/m000/s1. The number of nitrogens with one attached hydrogen (secondary N) is 10. The van der Waals surface area contributed by atoms with Crippen LogP contribution in [-0.2, 0) is 54.4 Å². The van der Waals surface area contributed by atoms with Crippen molar-refractivity contribution in [2.75, 3.05) is 67.3 Å². The molecule has 120 heavy (non-hydrogen) atoms. The van der Waals surface area contributed by atoms with Gasteiger partial charge in [-0.2, -0.15) is 0 Å². The highest BCUT2D eigenvalue weighted by atomic mass is 35.5. The third-order valence-corrected chi connectivity index (χ3v) is 26.3. The summed E-state index contributed by atoms with van der Waals surface area (Å²) in [5.41, 5.74) is 11.2. The Bertz CT molecular complexity index is 4630. The molecule has 7 aromatic rings. The van der Waals surface area contributed by atoms with Crippen LogP contribution in [0.15, 0.2) is 109 Å². The van der Waals surface area contributed by atoms with Crippen LogP contribution in [0.4, 0.5) is 25.3 Å². The lowest BCUT2D eigenvalue weighted by Gasteiger charge is -2.35. The van der Waals surface area contributed by atoms with Crippen molar-refractivity contribution in [3.8, 4) is 33.8 Å². The maximum Gasteiger partial charge on any atom is 0.247 e. The van der Waals surface area contributed by atoms with Crippen molar-refractivity contribution in [1.82, 2.24) is 66.2 Å². The predicted molar refractivity (Wildman–Crippen MR) is 474 cm³/mol. The van der Waals surface area contributed by atoms with Gasteiger partial charge < -0.3 is 73.6 Å². The van der Waals surface area contributed by atoms with Crippen molar-refractivity contribution in [3.63, 3.8) is 0 Å². The quantitative estimate of drug-likeness (QED) is 0.0194. The summed E-state index contributed by atoms with van der Waals surface area (Å²) in [4.78, 5) is 147. The topological polar surface area (TPSA) is 378 Å². The summed E-state index contributed by atoms with van der Waals surface area (Å²) in [6, 6.07) is 29.0. The molecule has 28 nitrogen and oxygen atoms in total. The number of nitrogens with two attached hydrogens (primary N) is 1. The minimum atomic E-state index is -0.684. The molecule has 3 saturated carbocycles. The first kappa shape index (κ1) is 91.4. The molecule has 3 aliphatic heterocycles. The van der Waals surface area contributed by atoms with E-state index in [4.69, 9.17) is 28.9 Å². The number of amides is 10. The van der Waals surface area contributed by atoms with Gasteiger partial charge in [0.2, 0.25) is 59.1 Å². The molecule has 3 saturated heterocycles. The van der Waals surface area contributed by atoms with Gasteiger partial charge in [-0.1, -0.05) is 193 Å². The number of carbonyl (C=O) groups excluding carboxylic acids is 10. The largest absolute Gasteiger partial charge is 0.375 e. The van der Waals surface area contributed by atoms with Crippen molar-refractivity contribution in [3.05, 3.63) is 125 Å². The minimum Gasteiger partial charge on any atom is -0.375 e. The van der Waals surface area contributed by atoms with Crippen LogP contribution in [0.25, 0.3) is 33.8 Å². The molecule has 644 valence electrons. The third-order valence-electron chi connectivity index (χ3n) is 23.5. The number of aromatic nitrogens is 4. The molecule has 0 spiro atoms. The summed E-state index contributed by atoms with van der Waals surface area (Å²) in [6.45, 7) is 8.88. The molecule has 33 heteroatoms. The number of rotatable bonds is 29. The number of thiazole rings is 2. The Kier molecular flexibility index (Phi) is 34.3. The Morgan fingerprint density at radius 2 is 0.858 bits per heavy atom. The van der Waals surface area contributed by atoms with Crippen LogP contribution < -0.4 is 58.9 Å². The van der Waals surface area contributed by atoms with Crippen LogP contribution in [0.5, 0.6) is 0 Å². The van der Waals surface area contributed by atoms with Gasteiger partial charge >= 0.3 is 0 Å². The fraction of sp³-hybridized carbons (Fsp3) is 0.517. The van der Waals surface area contributed by atoms with Crippen LogP contribution in [-0.4, -0.2) is 188 Å². The zero-order valence-electron chi connectivity index (χ0n) is 69.2. The molecule has 13 rings (SSSR count). The average Bonchev–Trinajstić information content (AvgIpc) is 1.53. The first-order valence-electron chi connectivity index (χ1n) is 42.3. The number of hydrogen-bond acceptors (Lipinski definition) is 21. The summed E-state index contributed by atoms with van der Waals surface area (Å²) in [6.07, 6.45) is 20.5. The van der Waals surface area contributed by atoms with Gasteiger partial charge in [0.15, 0.2) is 10.3 Å². The SMILES string of the molecule is CC(NCCCc1ccccc1)C(=O)N[C@H](C(=O)N1CCC[C@H]1C(=O)Nc1snnc1-c1ccccc1)C1CCCCC1.CN[C@@H](C)C(=O)N[C@H](C(=O)N1CCC[C@H]1C(=O)Nc1sc(N)nc1-c1cccc(Cl)c1)C1CCCCC1.CN[C@@H](C)C(=O)N[C@H](C(=O)N1CCC[C@H]1C(=O)Nc1sc(NC(C)=O)nc1-c1cccc(Cl)c1)C1CCCCC1. The van der Waals surface area contributed by atoms with Gasteiger partial charge in [-0.05, 0) is 179 Å². The van der Waals surface area contributed by atoms with Crippen molar-refractivity contribution in [1.29, 1.82) is 0 Å². The van der Waals surface area contributed by atoms with Crippen molar-refractivity contribution in [2.45, 2.75) is 230 Å². The number of carbonyl (C=O) groups is 10. The lowest BCUT2D eigenvalue weighted by atomic mass is 9.83. The van der Waals surface area contributed by atoms with Gasteiger partial charge in [-0.15, -0.1) is 5.10 Å². The molecular formula is C87H114Cl2N18O10S3. The fourth-order valence-corrected chi connectivity index (χ4v) is 19.4. The first-order valence-corrected chi connectivity index (χ1v) is 45.4. The van der Waals surface area contributed by atoms with Crippen LogP contribution in [0.1, 0.15) is 175 Å². The lowest BCUT2D eigenvalue weighted by molar-refractivity contribution is -0.142. The molecule has 0 bridgehead atoms. The minimum absolute atomic E-state index is 0.0368. The lowest BCUT2D eigenvalue weighted by Crippen LogP contribution is -2.57. The molecule has 3 aromatic heterocycles. The Morgan fingerprint density at radius 1 is 0.458 bits per heavy atom. The number of aryl methyl sites for hydroxylation is 1. The highest BCUT2D eigenvalue weighted by molar-refractivity contribution is 7.20. The molecule has 6 fully saturated rings. The van der Waals surface area contributed by atoms with Gasteiger partial charge in [-0.3, -0.25) is 47.9 Å². The molecule has 6 heterocycles. The first-order chi connectivity index (χ1) is 58.0. The molecule has 6 aliphatic rings. The Labute approximate surface area is 724 Å². The van der Waals surface area contributed by atoms with E-state index < -0.39 is 54.4 Å². The zero-order valence-corrected chi connectivity index (χ0v) is 73.1. The van der Waals surface area contributed by atoms with Crippen molar-refractivity contribution in [2.24, 2.45) is 17.8 Å². The van der Waals surface area contributed by atoms with E-state index in [1.165, 1.54) is 23.8 Å². The molecule has 0 radical (unpaired) electrons. The number of likely N-dealkylation sites (tertiary alicyclic amines) is 3. The van der Waals surface area contributed by atoms with Gasteiger partial charge in [0.05, 0.1) is 18.1 Å². The van der Waals surface area contributed by atoms with Crippen molar-refractivity contribution >= 4 is 142 Å². The van der Waals surface area contributed by atoms with E-state index >= 15 is 0 Å². The Morgan fingerprint density at radius 3 is 1.28 bits per heavy atom. The Hall–Kier alpha value is -9.34. The number of likely N-dealkylation sites (N-methyl/N-ethyl adjacent to an activating group) is 2.